The molecule has 0 saturated carbocycles. The molecule has 15 heavy (non-hydrogen) atoms. The molecule has 1 aliphatic rings. The fourth-order valence-corrected chi connectivity index (χ4v) is 2.29. The smallest absolute Gasteiger partial charge is 0.130 e. The van der Waals surface area contributed by atoms with E-state index in [1.165, 1.54) is 6.07 Å². The SMILES string of the molecule is COc1cc(F)c2c(c1)[C@H](N)CCC2C. The van der Waals surface area contributed by atoms with Gasteiger partial charge in [-0.3, -0.25) is 0 Å². The molecule has 0 bridgehead atoms. The second-order valence-electron chi connectivity index (χ2n) is 4.20. The van der Waals surface area contributed by atoms with Gasteiger partial charge in [0, 0.05) is 12.1 Å². The van der Waals surface area contributed by atoms with Gasteiger partial charge in [-0.15, -0.1) is 0 Å². The molecule has 3 heteroatoms. The van der Waals surface area contributed by atoms with Crippen molar-refractivity contribution in [2.45, 2.75) is 31.7 Å². The molecule has 82 valence electrons. The van der Waals surface area contributed by atoms with Gasteiger partial charge >= 0.3 is 0 Å². The molecular weight excluding hydrogens is 193 g/mol. The predicted octanol–water partition coefficient (Wildman–Crippen LogP) is 2.73. The van der Waals surface area contributed by atoms with E-state index in [0.717, 1.165) is 24.0 Å². The summed E-state index contributed by atoms with van der Waals surface area (Å²) in [5.74, 6) is 0.619. The molecule has 1 aromatic carbocycles. The molecule has 0 spiro atoms. The summed E-state index contributed by atoms with van der Waals surface area (Å²) < 4.78 is 18.9. The van der Waals surface area contributed by atoms with Gasteiger partial charge in [-0.1, -0.05) is 6.92 Å². The zero-order valence-electron chi connectivity index (χ0n) is 9.09. The summed E-state index contributed by atoms with van der Waals surface area (Å²) in [6, 6.07) is 3.24. The highest BCUT2D eigenvalue weighted by Gasteiger charge is 2.26. The van der Waals surface area contributed by atoms with Crippen molar-refractivity contribution in [3.8, 4) is 5.75 Å². The summed E-state index contributed by atoms with van der Waals surface area (Å²) in [4.78, 5) is 0. The lowest BCUT2D eigenvalue weighted by molar-refractivity contribution is 0.404. The van der Waals surface area contributed by atoms with Gasteiger partial charge in [-0.25, -0.2) is 4.39 Å². The van der Waals surface area contributed by atoms with Gasteiger partial charge in [0.2, 0.25) is 0 Å². The first-order valence-corrected chi connectivity index (χ1v) is 5.26. The number of methoxy groups -OCH3 is 1. The van der Waals surface area contributed by atoms with Crippen LogP contribution in [0.1, 0.15) is 42.9 Å². The monoisotopic (exact) mass is 209 g/mol. The third-order valence-electron chi connectivity index (χ3n) is 3.17. The molecule has 0 radical (unpaired) electrons. The molecule has 0 aromatic heterocycles. The second-order valence-corrected chi connectivity index (χ2v) is 4.20. The van der Waals surface area contributed by atoms with Gasteiger partial charge in [0.1, 0.15) is 11.6 Å². The molecule has 0 amide bonds. The molecule has 2 atom stereocenters. The van der Waals surface area contributed by atoms with Gasteiger partial charge < -0.3 is 10.5 Å². The third kappa shape index (κ3) is 1.72. The first-order valence-electron chi connectivity index (χ1n) is 5.26. The molecule has 2 nitrogen and oxygen atoms in total. The minimum atomic E-state index is -0.188. The van der Waals surface area contributed by atoms with Gasteiger partial charge in [0.05, 0.1) is 7.11 Å². The van der Waals surface area contributed by atoms with E-state index in [2.05, 4.69) is 0 Å². The van der Waals surface area contributed by atoms with E-state index in [0.29, 0.717) is 5.75 Å². The molecular formula is C12H16FNO. The number of halogens is 1. The topological polar surface area (TPSA) is 35.2 Å². The van der Waals surface area contributed by atoms with Crippen molar-refractivity contribution in [2.75, 3.05) is 7.11 Å². The maximum absolute atomic E-state index is 13.8. The number of hydrogen-bond donors (Lipinski definition) is 1. The highest BCUT2D eigenvalue weighted by molar-refractivity contribution is 5.42. The fourth-order valence-electron chi connectivity index (χ4n) is 2.29. The van der Waals surface area contributed by atoms with Crippen molar-refractivity contribution >= 4 is 0 Å². The molecule has 2 N–H and O–H groups in total. The zero-order valence-corrected chi connectivity index (χ0v) is 9.09. The van der Waals surface area contributed by atoms with E-state index in [9.17, 15) is 4.39 Å². The lowest BCUT2D eigenvalue weighted by atomic mass is 9.81. The Morgan fingerprint density at radius 1 is 1.40 bits per heavy atom. The summed E-state index contributed by atoms with van der Waals surface area (Å²) in [7, 11) is 1.54. The molecule has 1 aliphatic carbocycles. The molecule has 1 aromatic rings. The van der Waals surface area contributed by atoms with Gasteiger partial charge in [-0.2, -0.15) is 0 Å². The Labute approximate surface area is 89.2 Å². The highest BCUT2D eigenvalue weighted by atomic mass is 19.1. The molecule has 2 rings (SSSR count). The van der Waals surface area contributed by atoms with Crippen LogP contribution in [-0.4, -0.2) is 7.11 Å². The summed E-state index contributed by atoms with van der Waals surface area (Å²) in [6.45, 7) is 2.04. The van der Waals surface area contributed by atoms with Gasteiger partial charge in [0.15, 0.2) is 0 Å². The lowest BCUT2D eigenvalue weighted by Gasteiger charge is -2.28. The van der Waals surface area contributed by atoms with Gasteiger partial charge in [0.25, 0.3) is 0 Å². The minimum Gasteiger partial charge on any atom is -0.497 e. The van der Waals surface area contributed by atoms with Crippen LogP contribution in [0.3, 0.4) is 0 Å². The fraction of sp³-hybridized carbons (Fsp3) is 0.500. The molecule has 0 heterocycles. The van der Waals surface area contributed by atoms with E-state index in [4.69, 9.17) is 10.5 Å². The Morgan fingerprint density at radius 3 is 2.80 bits per heavy atom. The Morgan fingerprint density at radius 2 is 2.13 bits per heavy atom. The number of ether oxygens (including phenoxy) is 1. The molecule has 0 saturated heterocycles. The number of benzene rings is 1. The van der Waals surface area contributed by atoms with Crippen molar-refractivity contribution < 1.29 is 9.13 Å². The van der Waals surface area contributed by atoms with Crippen molar-refractivity contribution in [3.05, 3.63) is 29.1 Å². The van der Waals surface area contributed by atoms with Crippen LogP contribution in [0.5, 0.6) is 5.75 Å². The van der Waals surface area contributed by atoms with Crippen LogP contribution in [0.15, 0.2) is 12.1 Å². The standard InChI is InChI=1S/C12H16FNO/c1-7-3-4-11(14)9-5-8(15-2)6-10(13)12(7)9/h5-7,11H,3-4,14H2,1-2H3/t7?,11-/m1/s1. The number of fused-ring (bicyclic) bond motifs is 1. The van der Waals surface area contributed by atoms with Crippen molar-refractivity contribution in [2.24, 2.45) is 5.73 Å². The van der Waals surface area contributed by atoms with E-state index in [1.807, 2.05) is 13.0 Å². The Hall–Kier alpha value is -1.09. The lowest BCUT2D eigenvalue weighted by Crippen LogP contribution is -2.20. The first kappa shape index (κ1) is 10.4. The van der Waals surface area contributed by atoms with E-state index >= 15 is 0 Å². The molecule has 1 unspecified atom stereocenters. The predicted molar refractivity (Wildman–Crippen MR) is 57.5 cm³/mol. The maximum atomic E-state index is 13.8. The van der Waals surface area contributed by atoms with E-state index < -0.39 is 0 Å². The third-order valence-corrected chi connectivity index (χ3v) is 3.17. The number of hydrogen-bond acceptors (Lipinski definition) is 2. The Balaban J connectivity index is 2.56. The van der Waals surface area contributed by atoms with Crippen LogP contribution in [0.4, 0.5) is 4.39 Å². The van der Waals surface area contributed by atoms with Crippen molar-refractivity contribution in [1.29, 1.82) is 0 Å². The first-order chi connectivity index (χ1) is 7.13. The molecule has 0 fully saturated rings. The maximum Gasteiger partial charge on any atom is 0.130 e. The van der Waals surface area contributed by atoms with Crippen molar-refractivity contribution in [1.82, 2.24) is 0 Å². The Kier molecular flexibility index (Phi) is 2.65. The van der Waals surface area contributed by atoms with Crippen LogP contribution in [-0.2, 0) is 0 Å². The van der Waals surface area contributed by atoms with Crippen molar-refractivity contribution in [3.63, 3.8) is 0 Å². The zero-order chi connectivity index (χ0) is 11.0. The minimum absolute atomic E-state index is 0.0548. The van der Waals surface area contributed by atoms with E-state index in [-0.39, 0.29) is 17.8 Å². The number of nitrogens with two attached hydrogens (primary N) is 1. The summed E-state index contributed by atoms with van der Waals surface area (Å²) >= 11 is 0. The Bertz CT molecular complexity index is 378. The summed E-state index contributed by atoms with van der Waals surface area (Å²) in [6.07, 6.45) is 1.87. The highest BCUT2D eigenvalue weighted by Crippen LogP contribution is 2.39. The average molecular weight is 209 g/mol. The van der Waals surface area contributed by atoms with Gasteiger partial charge in [-0.05, 0) is 36.0 Å². The van der Waals surface area contributed by atoms with Crippen LogP contribution in [0, 0.1) is 5.82 Å². The quantitative estimate of drug-likeness (QED) is 0.771. The summed E-state index contributed by atoms with van der Waals surface area (Å²) in [5, 5.41) is 0. The molecule has 0 aliphatic heterocycles. The number of rotatable bonds is 1. The largest absolute Gasteiger partial charge is 0.497 e. The van der Waals surface area contributed by atoms with Crippen LogP contribution < -0.4 is 10.5 Å². The van der Waals surface area contributed by atoms with Crippen LogP contribution in [0.2, 0.25) is 0 Å². The average Bonchev–Trinajstić information content (AvgIpc) is 2.23. The normalized spacial score (nSPS) is 24.8. The summed E-state index contributed by atoms with van der Waals surface area (Å²) in [5.41, 5.74) is 7.66. The van der Waals surface area contributed by atoms with Crippen LogP contribution >= 0.6 is 0 Å². The van der Waals surface area contributed by atoms with E-state index in [1.54, 1.807) is 7.11 Å². The van der Waals surface area contributed by atoms with Crippen LogP contribution in [0.25, 0.3) is 0 Å². The second kappa shape index (κ2) is 3.81.